The highest BCUT2D eigenvalue weighted by atomic mass is 32.7. The van der Waals surface area contributed by atoms with Gasteiger partial charge in [0.05, 0.1) is 19.3 Å². The second kappa shape index (κ2) is 12.4. The lowest BCUT2D eigenvalue weighted by Crippen LogP contribution is -2.50. The molecular formula is C25H35FN10O9P2S2Si. The molecule has 3 aliphatic rings. The van der Waals surface area contributed by atoms with E-state index in [9.17, 15) is 9.46 Å². The van der Waals surface area contributed by atoms with Gasteiger partial charge in [-0.25, -0.2) is 38.9 Å². The van der Waals surface area contributed by atoms with E-state index >= 15 is 4.39 Å². The van der Waals surface area contributed by atoms with Crippen LogP contribution in [-0.4, -0.2) is 96.2 Å². The lowest BCUT2D eigenvalue weighted by atomic mass is 10.1. The number of nitrogen functional groups attached to an aromatic ring is 2. The number of halogens is 1. The van der Waals surface area contributed by atoms with E-state index in [1.54, 1.807) is 0 Å². The molecule has 3 saturated heterocycles. The van der Waals surface area contributed by atoms with Crippen molar-refractivity contribution < 1.29 is 45.8 Å². The Morgan fingerprint density at radius 2 is 1.70 bits per heavy atom. The number of hydrogen-bond acceptors (Lipinski definition) is 17. The molecule has 9 atom stereocenters. The summed E-state index contributed by atoms with van der Waals surface area (Å²) < 4.78 is 76.7. The highest BCUT2D eigenvalue weighted by Crippen LogP contribution is 2.62. The Labute approximate surface area is 295 Å². The average Bonchev–Trinajstić information content (AvgIpc) is 3.78. The van der Waals surface area contributed by atoms with E-state index in [1.807, 2.05) is 33.9 Å². The van der Waals surface area contributed by atoms with Gasteiger partial charge in [-0.2, -0.15) is 0 Å². The van der Waals surface area contributed by atoms with E-state index in [1.165, 1.54) is 17.2 Å². The first kappa shape index (κ1) is 36.1. The van der Waals surface area contributed by atoms with Gasteiger partial charge in [-0.3, -0.25) is 22.7 Å². The van der Waals surface area contributed by atoms with Crippen molar-refractivity contribution in [1.82, 2.24) is 39.0 Å². The van der Waals surface area contributed by atoms with Gasteiger partial charge in [0.15, 0.2) is 49.9 Å². The number of ether oxygens (including phenoxy) is 2. The van der Waals surface area contributed by atoms with Crippen LogP contribution in [0.4, 0.5) is 16.0 Å². The summed E-state index contributed by atoms with van der Waals surface area (Å²) in [6.07, 6.45) is -3.44. The standard InChI is InChI=1S/C25H35FN10O9P2S2Si/c1-24(2,3)50(4,5)45-16-15-22(35-10-33-13-18(27)29-8-31-20(13)35)41-23(16)44-47(38,49)43-17-12(6-40-46(37,48)42-15)39-7-25(17,26)36-11-34-14-19(28)30-9-32-21(14)36/h8-12,15-17,22-23H,6-7H2,1-5H3,(H,37,48)(H,38,49)(H2,27,29,31)(H2,28,30,32)/t12-,15-,16?,17-,22-,23-,25+,46?,47?/m1/s1. The number of thiol groups is 1. The highest BCUT2D eigenvalue weighted by molar-refractivity contribution is 8.44. The molecule has 0 saturated carbocycles. The van der Waals surface area contributed by atoms with Crippen LogP contribution >= 0.6 is 25.8 Å². The quantitative estimate of drug-likeness (QED) is 0.132. The molecule has 0 amide bonds. The Balaban J connectivity index is 1.32. The molecule has 3 unspecified atom stereocenters. The van der Waals surface area contributed by atoms with E-state index in [0.29, 0.717) is 0 Å². The van der Waals surface area contributed by atoms with Crippen molar-refractivity contribution in [3.8, 4) is 0 Å². The number of fused-ring (bicyclic) bond motifs is 5. The Morgan fingerprint density at radius 1 is 1.06 bits per heavy atom. The molecule has 7 rings (SSSR count). The van der Waals surface area contributed by atoms with E-state index in [0.717, 1.165) is 17.2 Å². The summed E-state index contributed by atoms with van der Waals surface area (Å²) >= 11 is 9.75. The van der Waals surface area contributed by atoms with E-state index in [4.69, 9.17) is 55.3 Å². The third-order valence-electron chi connectivity index (χ3n) is 9.22. The molecule has 25 heteroatoms. The molecule has 5 N–H and O–H groups in total. The maximum Gasteiger partial charge on any atom is 0.389 e. The van der Waals surface area contributed by atoms with Gasteiger partial charge in [0.2, 0.25) is 5.79 Å². The summed E-state index contributed by atoms with van der Waals surface area (Å²) in [6, 6.07) is 0. The topological polar surface area (TPSA) is 241 Å². The van der Waals surface area contributed by atoms with Crippen LogP contribution in [0.15, 0.2) is 25.3 Å². The number of alkyl halides is 1. The minimum Gasteiger partial charge on any atom is -0.406 e. The van der Waals surface area contributed by atoms with Gasteiger partial charge in [-0.05, 0) is 29.9 Å². The third kappa shape index (κ3) is 6.29. The number of nitrogens with two attached hydrogens (primary N) is 2. The van der Waals surface area contributed by atoms with Crippen LogP contribution in [0.2, 0.25) is 18.1 Å². The van der Waals surface area contributed by atoms with E-state index < -0.39 is 77.8 Å². The fourth-order valence-electron chi connectivity index (χ4n) is 5.67. The maximum atomic E-state index is 17.3. The highest BCUT2D eigenvalue weighted by Gasteiger charge is 2.60. The van der Waals surface area contributed by atoms with Crippen LogP contribution in [0.5, 0.6) is 0 Å². The van der Waals surface area contributed by atoms with Crippen molar-refractivity contribution in [3.05, 3.63) is 25.3 Å². The normalized spacial score (nSPS) is 35.6. The lowest BCUT2D eigenvalue weighted by Gasteiger charge is -2.41. The van der Waals surface area contributed by atoms with Crippen molar-refractivity contribution in [2.75, 3.05) is 24.7 Å². The molecule has 7 heterocycles. The van der Waals surface area contributed by atoms with E-state index in [-0.39, 0.29) is 39.0 Å². The van der Waals surface area contributed by atoms with Crippen LogP contribution in [0.1, 0.15) is 27.0 Å². The zero-order chi connectivity index (χ0) is 36.0. The molecule has 0 spiro atoms. The average molecular weight is 793 g/mol. The molecule has 4 aromatic heterocycles. The van der Waals surface area contributed by atoms with Crippen LogP contribution in [0.3, 0.4) is 0 Å². The molecule has 0 radical (unpaired) electrons. The molecule has 50 heavy (non-hydrogen) atoms. The van der Waals surface area contributed by atoms with Crippen molar-refractivity contribution in [2.45, 2.75) is 81.6 Å². The molecule has 0 aliphatic carbocycles. The number of nitrogens with zero attached hydrogens (tertiary/aromatic N) is 8. The molecule has 4 aromatic rings. The van der Waals surface area contributed by atoms with Crippen LogP contribution in [0.25, 0.3) is 22.3 Å². The summed E-state index contributed by atoms with van der Waals surface area (Å²) in [5.41, 5.74) is 12.6. The fourth-order valence-corrected chi connectivity index (χ4v) is 10.0. The lowest BCUT2D eigenvalue weighted by molar-refractivity contribution is -0.130. The maximum absolute atomic E-state index is 17.3. The second-order valence-electron chi connectivity index (χ2n) is 13.5. The second-order valence-corrected chi connectivity index (χ2v) is 23.8. The van der Waals surface area contributed by atoms with Gasteiger partial charge in [0.1, 0.15) is 48.6 Å². The number of hydrogen-bond donors (Lipinski definition) is 4. The Kier molecular flexibility index (Phi) is 8.98. The molecule has 3 aliphatic heterocycles. The Bertz CT molecular complexity index is 2060. The van der Waals surface area contributed by atoms with Gasteiger partial charge >= 0.3 is 13.5 Å². The summed E-state index contributed by atoms with van der Waals surface area (Å²) in [7, 11) is -2.73. The summed E-state index contributed by atoms with van der Waals surface area (Å²) in [6.45, 7) is -0.104. The first-order valence-electron chi connectivity index (χ1n) is 15.2. The number of rotatable bonds is 4. The van der Waals surface area contributed by atoms with Crippen molar-refractivity contribution in [2.24, 2.45) is 0 Å². The first-order chi connectivity index (χ1) is 23.3. The third-order valence-corrected chi connectivity index (χ3v) is 16.8. The van der Waals surface area contributed by atoms with Gasteiger partial charge < -0.3 is 34.8 Å². The summed E-state index contributed by atoms with van der Waals surface area (Å²) in [5.74, 6) is -2.52. The smallest absolute Gasteiger partial charge is 0.389 e. The minimum absolute atomic E-state index is 0.00663. The molecule has 3 fully saturated rings. The van der Waals surface area contributed by atoms with Crippen molar-refractivity contribution in [1.29, 1.82) is 0 Å². The summed E-state index contributed by atoms with van der Waals surface area (Å²) in [5, 5.41) is -0.352. The van der Waals surface area contributed by atoms with E-state index in [2.05, 4.69) is 42.2 Å². The predicted octanol–water partition coefficient (Wildman–Crippen LogP) is 3.17. The monoisotopic (exact) mass is 792 g/mol. The largest absolute Gasteiger partial charge is 0.406 e. The van der Waals surface area contributed by atoms with Gasteiger partial charge in [-0.1, -0.05) is 33.0 Å². The zero-order valence-electron chi connectivity index (χ0n) is 27.3. The number of imidazole rings is 2. The van der Waals surface area contributed by atoms with Gasteiger partial charge in [-0.15, -0.1) is 0 Å². The first-order valence-corrected chi connectivity index (χ1v) is 23.4. The molecule has 0 aromatic carbocycles. The SMILES string of the molecule is CC(C)(C)[Si](C)(C)OC1[C@@H]2O[C@@H](n3cnc4c(N)ncnc43)[C@@H]1OP(O)(=S)OC[C@H]1OC[C@](F)(n3cnc4c(N)ncnc43)[C@@H]1OP(=O)(S)O2. The Hall–Kier alpha value is -2.24. The predicted molar refractivity (Wildman–Crippen MR) is 184 cm³/mol. The van der Waals surface area contributed by atoms with Crippen LogP contribution < -0.4 is 11.5 Å². The van der Waals surface area contributed by atoms with Gasteiger partial charge in [0, 0.05) is 0 Å². The number of anilines is 2. The Morgan fingerprint density at radius 3 is 2.38 bits per heavy atom. The fraction of sp³-hybridized carbons (Fsp3) is 0.600. The van der Waals surface area contributed by atoms with Crippen molar-refractivity contribution >= 4 is 79.9 Å². The number of aromatic nitrogens is 8. The molecule has 19 nitrogen and oxygen atoms in total. The summed E-state index contributed by atoms with van der Waals surface area (Å²) in [4.78, 5) is 36.3. The van der Waals surface area contributed by atoms with Crippen LogP contribution in [-0.2, 0) is 54.2 Å². The zero-order valence-corrected chi connectivity index (χ0v) is 31.8. The molecule has 2 bridgehead atoms. The molecule has 272 valence electrons. The van der Waals surface area contributed by atoms with Gasteiger partial charge in [0.25, 0.3) is 0 Å². The van der Waals surface area contributed by atoms with Crippen LogP contribution in [0, 0.1) is 0 Å². The minimum atomic E-state index is -4.61. The van der Waals surface area contributed by atoms with Crippen molar-refractivity contribution in [3.63, 3.8) is 0 Å². The molecular weight excluding hydrogens is 758 g/mol.